The maximum Gasteiger partial charge on any atom is 0.707 e. The van der Waals surface area contributed by atoms with Gasteiger partial charge in [0.2, 0.25) is 0 Å². The number of hydrogen-bond acceptors (Lipinski definition) is 5. The zero-order valence-corrected chi connectivity index (χ0v) is 8.58. The van der Waals surface area contributed by atoms with E-state index in [4.69, 9.17) is 14.7 Å². The number of aromatic amines is 1. The first-order chi connectivity index (χ1) is 7.68. The summed E-state index contributed by atoms with van der Waals surface area (Å²) in [5.41, 5.74) is 1.85. The molecule has 0 radical (unpaired) electrons. The number of nitrogens with zero attached hydrogens (tertiary/aromatic N) is 2. The van der Waals surface area contributed by atoms with Gasteiger partial charge in [0.05, 0.1) is 5.69 Å². The number of rotatable bonds is 3. The maximum absolute atomic E-state index is 8.80. The molecule has 0 saturated carbocycles. The minimum atomic E-state index is -1.87. The molecule has 0 amide bonds. The predicted molar refractivity (Wildman–Crippen MR) is 57.4 cm³/mol. The summed E-state index contributed by atoms with van der Waals surface area (Å²) in [4.78, 5) is 3.96. The number of hydrogen-bond donors (Lipinski definition) is 3. The molecule has 16 heavy (non-hydrogen) atoms. The van der Waals surface area contributed by atoms with Crippen LogP contribution in [0.1, 0.15) is 5.69 Å². The molecule has 0 spiro atoms. The molecule has 82 valence electrons. The molecule has 0 atom stereocenters. The van der Waals surface area contributed by atoms with Crippen LogP contribution in [0.25, 0.3) is 11.3 Å². The summed E-state index contributed by atoms with van der Waals surface area (Å²) < 4.78 is 4.86. The van der Waals surface area contributed by atoms with E-state index in [-0.39, 0.29) is 0 Å². The van der Waals surface area contributed by atoms with E-state index in [2.05, 4.69) is 15.2 Å². The van der Waals surface area contributed by atoms with E-state index in [0.29, 0.717) is 17.1 Å². The highest BCUT2D eigenvalue weighted by Crippen LogP contribution is 2.29. The third kappa shape index (κ3) is 2.05. The van der Waals surface area contributed by atoms with Crippen molar-refractivity contribution in [2.75, 3.05) is 0 Å². The van der Waals surface area contributed by atoms with Gasteiger partial charge in [0.25, 0.3) is 0 Å². The van der Waals surface area contributed by atoms with Crippen molar-refractivity contribution in [3.63, 3.8) is 0 Å². The molecule has 2 heterocycles. The van der Waals surface area contributed by atoms with E-state index in [9.17, 15) is 0 Å². The second-order valence-corrected chi connectivity index (χ2v) is 3.21. The van der Waals surface area contributed by atoms with E-state index >= 15 is 0 Å². The number of pyridine rings is 1. The quantitative estimate of drug-likeness (QED) is 0.638. The van der Waals surface area contributed by atoms with Crippen molar-refractivity contribution in [1.82, 2.24) is 15.2 Å². The Labute approximate surface area is 92.1 Å². The number of nitrogens with one attached hydrogen (secondary N) is 1. The normalized spacial score (nSPS) is 10.2. The van der Waals surface area contributed by atoms with Gasteiger partial charge in [-0.1, -0.05) is 0 Å². The monoisotopic (exact) mass is 219 g/mol. The summed E-state index contributed by atoms with van der Waals surface area (Å²) >= 11 is 0. The second-order valence-electron chi connectivity index (χ2n) is 3.21. The van der Waals surface area contributed by atoms with Crippen LogP contribution in [0.15, 0.2) is 24.5 Å². The largest absolute Gasteiger partial charge is 0.707 e. The Kier molecular flexibility index (Phi) is 2.89. The fourth-order valence-electron chi connectivity index (χ4n) is 1.37. The van der Waals surface area contributed by atoms with E-state index in [1.807, 2.05) is 0 Å². The first-order valence-corrected chi connectivity index (χ1v) is 4.66. The lowest BCUT2D eigenvalue weighted by Gasteiger charge is -2.05. The van der Waals surface area contributed by atoms with Crippen molar-refractivity contribution in [2.24, 2.45) is 0 Å². The molecule has 2 aromatic heterocycles. The highest BCUT2D eigenvalue weighted by Gasteiger charge is 2.20. The summed E-state index contributed by atoms with van der Waals surface area (Å²) in [5.74, 6) is 0.308. The van der Waals surface area contributed by atoms with Crippen LogP contribution in [0.2, 0.25) is 0 Å². The zero-order valence-electron chi connectivity index (χ0n) is 8.58. The molecule has 0 unspecified atom stereocenters. The van der Waals surface area contributed by atoms with Gasteiger partial charge in [-0.3, -0.25) is 10.1 Å². The van der Waals surface area contributed by atoms with Crippen molar-refractivity contribution in [1.29, 1.82) is 0 Å². The van der Waals surface area contributed by atoms with Crippen LogP contribution < -0.4 is 4.65 Å². The Morgan fingerprint density at radius 2 is 2.25 bits per heavy atom. The van der Waals surface area contributed by atoms with Gasteiger partial charge in [0, 0.05) is 18.0 Å². The summed E-state index contributed by atoms with van der Waals surface area (Å²) in [6.45, 7) is 1.73. The van der Waals surface area contributed by atoms with Gasteiger partial charge < -0.3 is 14.7 Å². The SMILES string of the molecule is Cc1[nH]nc(-c2cccnc2)c1OB(O)O. The Morgan fingerprint density at radius 3 is 2.88 bits per heavy atom. The minimum absolute atomic E-state index is 0.308. The molecule has 2 rings (SSSR count). The van der Waals surface area contributed by atoms with E-state index in [0.717, 1.165) is 5.56 Å². The van der Waals surface area contributed by atoms with Crippen LogP contribution >= 0.6 is 0 Å². The molecule has 0 bridgehead atoms. The van der Waals surface area contributed by atoms with Crippen molar-refractivity contribution in [3.05, 3.63) is 30.2 Å². The molecule has 3 N–H and O–H groups in total. The summed E-state index contributed by atoms with van der Waals surface area (Å²) in [6.07, 6.45) is 3.26. The Morgan fingerprint density at radius 1 is 1.44 bits per heavy atom. The van der Waals surface area contributed by atoms with Crippen molar-refractivity contribution >= 4 is 7.32 Å². The zero-order chi connectivity index (χ0) is 11.5. The molecule has 0 aromatic carbocycles. The Balaban J connectivity index is 2.42. The summed E-state index contributed by atoms with van der Waals surface area (Å²) in [6, 6.07) is 3.57. The van der Waals surface area contributed by atoms with E-state index < -0.39 is 7.32 Å². The molecule has 0 aliphatic rings. The summed E-state index contributed by atoms with van der Waals surface area (Å²) in [7, 11) is -1.87. The number of aryl methyl sites for hydroxylation is 1. The van der Waals surface area contributed by atoms with E-state index in [1.54, 1.807) is 31.5 Å². The summed E-state index contributed by atoms with van der Waals surface area (Å²) in [5, 5.41) is 24.3. The topological polar surface area (TPSA) is 91.3 Å². The molecule has 7 heteroatoms. The molecular weight excluding hydrogens is 209 g/mol. The molecule has 0 aliphatic heterocycles. The number of aromatic nitrogens is 3. The van der Waals surface area contributed by atoms with Gasteiger partial charge >= 0.3 is 7.32 Å². The van der Waals surface area contributed by atoms with Gasteiger partial charge in [-0.25, -0.2) is 0 Å². The van der Waals surface area contributed by atoms with Crippen LogP contribution in [0.4, 0.5) is 0 Å². The second kappa shape index (κ2) is 4.34. The molecule has 2 aromatic rings. The van der Waals surface area contributed by atoms with Crippen molar-refractivity contribution in [2.45, 2.75) is 6.92 Å². The third-order valence-corrected chi connectivity index (χ3v) is 2.05. The lowest BCUT2D eigenvalue weighted by molar-refractivity contribution is 0.288. The standard InChI is InChI=1S/C9H10BN3O3/c1-6-9(16-10(14)15)8(13-12-6)7-3-2-4-11-5-7/h2-5,14-15H,1H3,(H,12,13). The van der Waals surface area contributed by atoms with E-state index in [1.165, 1.54) is 0 Å². The fraction of sp³-hybridized carbons (Fsp3) is 0.111. The molecule has 0 aliphatic carbocycles. The Hall–Kier alpha value is -1.86. The third-order valence-electron chi connectivity index (χ3n) is 2.05. The van der Waals surface area contributed by atoms with Crippen LogP contribution in [0.3, 0.4) is 0 Å². The van der Waals surface area contributed by atoms with Gasteiger partial charge in [-0.15, -0.1) is 0 Å². The average molecular weight is 219 g/mol. The fourth-order valence-corrected chi connectivity index (χ4v) is 1.37. The van der Waals surface area contributed by atoms with Gasteiger partial charge in [-0.05, 0) is 19.1 Å². The smallest absolute Gasteiger partial charge is 0.509 e. The van der Waals surface area contributed by atoms with Gasteiger partial charge in [0.15, 0.2) is 5.75 Å². The van der Waals surface area contributed by atoms with Crippen LogP contribution in [-0.4, -0.2) is 32.6 Å². The predicted octanol–water partition coefficient (Wildman–Crippen LogP) is 0.128. The highest BCUT2D eigenvalue weighted by atomic mass is 16.6. The number of H-pyrrole nitrogens is 1. The lowest BCUT2D eigenvalue weighted by Crippen LogP contribution is -2.21. The van der Waals surface area contributed by atoms with Crippen molar-refractivity contribution < 1.29 is 14.7 Å². The van der Waals surface area contributed by atoms with Crippen LogP contribution in [-0.2, 0) is 0 Å². The molecule has 0 saturated heterocycles. The van der Waals surface area contributed by atoms with Crippen LogP contribution in [0.5, 0.6) is 5.75 Å². The first kappa shape index (κ1) is 10.7. The molecule has 0 fully saturated rings. The maximum atomic E-state index is 8.80. The lowest BCUT2D eigenvalue weighted by atomic mass is 10.1. The average Bonchev–Trinajstić information content (AvgIpc) is 2.61. The van der Waals surface area contributed by atoms with Crippen molar-refractivity contribution in [3.8, 4) is 17.0 Å². The van der Waals surface area contributed by atoms with Gasteiger partial charge in [0.1, 0.15) is 5.69 Å². The first-order valence-electron chi connectivity index (χ1n) is 4.66. The van der Waals surface area contributed by atoms with Crippen LogP contribution in [0, 0.1) is 6.92 Å². The Bertz CT molecular complexity index is 472. The minimum Gasteiger partial charge on any atom is -0.509 e. The molecule has 6 nitrogen and oxygen atoms in total. The van der Waals surface area contributed by atoms with Gasteiger partial charge in [-0.2, -0.15) is 5.10 Å². The highest BCUT2D eigenvalue weighted by molar-refractivity contribution is 6.34. The molecular formula is C9H10BN3O3.